The summed E-state index contributed by atoms with van der Waals surface area (Å²) in [6.07, 6.45) is 4.92. The van der Waals surface area contributed by atoms with Crippen LogP contribution in [0.3, 0.4) is 0 Å². The van der Waals surface area contributed by atoms with E-state index >= 15 is 0 Å². The fourth-order valence-electron chi connectivity index (χ4n) is 0.673. The van der Waals surface area contributed by atoms with E-state index in [4.69, 9.17) is 0 Å². The highest BCUT2D eigenvalue weighted by molar-refractivity contribution is 7.74. The van der Waals surface area contributed by atoms with E-state index in [0.717, 1.165) is 0 Å². The fourth-order valence-corrected chi connectivity index (χ4v) is 1.11. The average Bonchev–Trinajstić information content (AvgIpc) is 1.97. The van der Waals surface area contributed by atoms with Crippen LogP contribution >= 0.6 is 0 Å². The Labute approximate surface area is 69.9 Å². The van der Waals surface area contributed by atoms with Crippen LogP contribution in [0.25, 0.3) is 0 Å². The maximum Gasteiger partial charge on any atom is 0.0844 e. The van der Waals surface area contributed by atoms with Gasteiger partial charge in [0.25, 0.3) is 0 Å². The highest BCUT2D eigenvalue weighted by atomic mass is 32.2. The maximum absolute atomic E-state index is 10.1. The smallest absolute Gasteiger partial charge is 0.0844 e. The third-order valence-electron chi connectivity index (χ3n) is 1.30. The summed E-state index contributed by atoms with van der Waals surface area (Å²) in [5.41, 5.74) is 0. The lowest BCUT2D eigenvalue weighted by atomic mass is 10.2. The molecule has 0 bridgehead atoms. The van der Waals surface area contributed by atoms with Gasteiger partial charge in [-0.25, -0.2) is 4.21 Å². The molecule has 0 N–H and O–H groups in total. The van der Waals surface area contributed by atoms with Crippen LogP contribution in [-0.4, -0.2) is 14.9 Å². The molecule has 0 saturated heterocycles. The van der Waals surface area contributed by atoms with Crippen molar-refractivity contribution < 1.29 is 12.9 Å². The van der Waals surface area contributed by atoms with E-state index in [9.17, 15) is 8.76 Å². The molecule has 0 rings (SSSR count). The molecule has 0 aromatic carbocycles. The molecule has 0 amide bonds. The van der Waals surface area contributed by atoms with Gasteiger partial charge in [0.2, 0.25) is 0 Å². The van der Waals surface area contributed by atoms with E-state index in [1.807, 2.05) is 26.0 Å². The van der Waals surface area contributed by atoms with Crippen molar-refractivity contribution in [3.05, 3.63) is 12.2 Å². The van der Waals surface area contributed by atoms with E-state index in [1.165, 1.54) is 0 Å². The molecule has 0 aromatic heterocycles. The van der Waals surface area contributed by atoms with E-state index in [2.05, 4.69) is 4.18 Å². The lowest BCUT2D eigenvalue weighted by Gasteiger charge is -2.14. The molecule has 0 aliphatic rings. The average molecular weight is 177 g/mol. The van der Waals surface area contributed by atoms with Gasteiger partial charge in [-0.1, -0.05) is 19.1 Å². The van der Waals surface area contributed by atoms with E-state index in [0.29, 0.717) is 12.8 Å². The first-order chi connectivity index (χ1) is 5.20. The molecule has 11 heavy (non-hydrogen) atoms. The number of hydrogen-bond acceptors (Lipinski definition) is 3. The molecule has 0 radical (unpaired) electrons. The molecular formula is C7H13O3S-. The Kier molecular flexibility index (Phi) is 6.40. The molecule has 0 aliphatic carbocycles. The molecular weight excluding hydrogens is 164 g/mol. The largest absolute Gasteiger partial charge is 0.750 e. The Morgan fingerprint density at radius 2 is 2.36 bits per heavy atom. The monoisotopic (exact) mass is 177 g/mol. The standard InChI is InChI=1S/C7H14O3S/c1-3-5-6-7(4-2)10-11(8)9/h3,5,7H,4,6H2,1-2H3,(H,8,9)/p-1. The molecule has 2 unspecified atom stereocenters. The van der Waals surface area contributed by atoms with Crippen LogP contribution in [0.15, 0.2) is 12.2 Å². The SMILES string of the molecule is CC=CCC(CC)OS(=O)[O-]. The minimum absolute atomic E-state index is 0.204. The van der Waals surface area contributed by atoms with Gasteiger partial charge >= 0.3 is 0 Å². The summed E-state index contributed by atoms with van der Waals surface area (Å²) in [7, 11) is 0. The highest BCUT2D eigenvalue weighted by Crippen LogP contribution is 2.05. The van der Waals surface area contributed by atoms with Gasteiger partial charge < -0.3 is 4.55 Å². The molecule has 4 heteroatoms. The first-order valence-corrected chi connectivity index (χ1v) is 4.58. The molecule has 3 nitrogen and oxygen atoms in total. The summed E-state index contributed by atoms with van der Waals surface area (Å²) in [6.45, 7) is 3.78. The predicted octanol–water partition coefficient (Wildman–Crippen LogP) is 1.54. The first kappa shape index (κ1) is 10.8. The van der Waals surface area contributed by atoms with Crippen LogP contribution in [0.1, 0.15) is 26.7 Å². The molecule has 0 saturated carbocycles. The summed E-state index contributed by atoms with van der Waals surface area (Å²) in [6, 6.07) is 0. The highest BCUT2D eigenvalue weighted by Gasteiger charge is 2.03. The lowest BCUT2D eigenvalue weighted by Crippen LogP contribution is -2.11. The van der Waals surface area contributed by atoms with Crippen molar-refractivity contribution in [2.24, 2.45) is 0 Å². The number of allylic oxidation sites excluding steroid dienone is 1. The van der Waals surface area contributed by atoms with Gasteiger partial charge in [-0.05, 0) is 19.8 Å². The van der Waals surface area contributed by atoms with Crippen molar-refractivity contribution in [2.45, 2.75) is 32.8 Å². The molecule has 2 atom stereocenters. The predicted molar refractivity (Wildman–Crippen MR) is 43.5 cm³/mol. The lowest BCUT2D eigenvalue weighted by molar-refractivity contribution is 0.199. The Bertz CT molecular complexity index is 145. The summed E-state index contributed by atoms with van der Waals surface area (Å²) in [5.74, 6) is 0. The maximum atomic E-state index is 10.1. The molecule has 0 spiro atoms. The second kappa shape index (κ2) is 6.52. The van der Waals surface area contributed by atoms with Crippen LogP contribution < -0.4 is 0 Å². The molecule has 66 valence electrons. The van der Waals surface area contributed by atoms with Gasteiger partial charge in [0.05, 0.1) is 17.5 Å². The van der Waals surface area contributed by atoms with E-state index in [1.54, 1.807) is 0 Å². The summed E-state index contributed by atoms with van der Waals surface area (Å²) >= 11 is -2.38. The Morgan fingerprint density at radius 1 is 1.73 bits per heavy atom. The van der Waals surface area contributed by atoms with Crippen molar-refractivity contribution >= 4 is 11.4 Å². The molecule has 0 fully saturated rings. The first-order valence-electron chi connectivity index (χ1n) is 3.58. The Hall–Kier alpha value is -0.190. The van der Waals surface area contributed by atoms with Crippen molar-refractivity contribution in [1.82, 2.24) is 0 Å². The van der Waals surface area contributed by atoms with Crippen LogP contribution in [0.2, 0.25) is 0 Å². The zero-order chi connectivity index (χ0) is 8.69. The number of rotatable bonds is 5. The van der Waals surface area contributed by atoms with Crippen LogP contribution in [0.5, 0.6) is 0 Å². The van der Waals surface area contributed by atoms with Crippen LogP contribution in [0.4, 0.5) is 0 Å². The van der Waals surface area contributed by atoms with Gasteiger partial charge in [0.1, 0.15) is 0 Å². The minimum Gasteiger partial charge on any atom is -0.750 e. The second-order valence-corrected chi connectivity index (χ2v) is 2.74. The zero-order valence-corrected chi connectivity index (χ0v) is 7.60. The quantitative estimate of drug-likeness (QED) is 0.473. The summed E-state index contributed by atoms with van der Waals surface area (Å²) in [4.78, 5) is 0. The Balaban J connectivity index is 3.66. The van der Waals surface area contributed by atoms with Gasteiger partial charge in [-0.15, -0.1) is 0 Å². The third-order valence-corrected chi connectivity index (χ3v) is 1.73. The van der Waals surface area contributed by atoms with E-state index < -0.39 is 11.4 Å². The topological polar surface area (TPSA) is 49.4 Å². The minimum atomic E-state index is -2.38. The molecule has 0 aromatic rings. The summed E-state index contributed by atoms with van der Waals surface area (Å²) in [5, 5.41) is 0. The van der Waals surface area contributed by atoms with E-state index in [-0.39, 0.29) is 6.10 Å². The Morgan fingerprint density at radius 3 is 2.73 bits per heavy atom. The van der Waals surface area contributed by atoms with Crippen molar-refractivity contribution in [1.29, 1.82) is 0 Å². The van der Waals surface area contributed by atoms with Crippen LogP contribution in [0, 0.1) is 0 Å². The van der Waals surface area contributed by atoms with Gasteiger partial charge in [0, 0.05) is 0 Å². The van der Waals surface area contributed by atoms with Crippen molar-refractivity contribution in [3.8, 4) is 0 Å². The summed E-state index contributed by atoms with van der Waals surface area (Å²) < 4.78 is 24.7. The van der Waals surface area contributed by atoms with Crippen molar-refractivity contribution in [3.63, 3.8) is 0 Å². The second-order valence-electron chi connectivity index (χ2n) is 2.14. The molecule has 0 heterocycles. The number of hydrogen-bond donors (Lipinski definition) is 0. The zero-order valence-electron chi connectivity index (χ0n) is 6.78. The van der Waals surface area contributed by atoms with Gasteiger partial charge in [-0.2, -0.15) is 0 Å². The van der Waals surface area contributed by atoms with Gasteiger partial charge in [-0.3, -0.25) is 4.18 Å². The third kappa shape index (κ3) is 6.22. The normalized spacial score (nSPS) is 17.0. The van der Waals surface area contributed by atoms with Gasteiger partial charge in [0.15, 0.2) is 0 Å². The molecule has 0 aliphatic heterocycles. The van der Waals surface area contributed by atoms with Crippen molar-refractivity contribution in [2.75, 3.05) is 0 Å². The van der Waals surface area contributed by atoms with Crippen LogP contribution in [-0.2, 0) is 15.5 Å². The fraction of sp³-hybridized carbons (Fsp3) is 0.714.